The predicted molar refractivity (Wildman–Crippen MR) is 62.0 cm³/mol. The molecule has 2 N–H and O–H groups in total. The maximum absolute atomic E-state index is 5.53. The van der Waals surface area contributed by atoms with E-state index in [1.54, 1.807) is 19.4 Å². The van der Waals surface area contributed by atoms with Gasteiger partial charge in [-0.2, -0.15) is 6.07 Å². The Kier molecular flexibility index (Phi) is 5.03. The van der Waals surface area contributed by atoms with E-state index in [9.17, 15) is 0 Å². The number of ether oxygens (including phenoxy) is 1. The van der Waals surface area contributed by atoms with Gasteiger partial charge in [-0.1, -0.05) is 18.0 Å². The third-order valence-electron chi connectivity index (χ3n) is 2.19. The summed E-state index contributed by atoms with van der Waals surface area (Å²) < 4.78 is 5.21. The third kappa shape index (κ3) is 3.24. The number of pyridine rings is 2. The van der Waals surface area contributed by atoms with Crippen molar-refractivity contribution in [2.45, 2.75) is 6.92 Å². The molecule has 0 aliphatic heterocycles. The van der Waals surface area contributed by atoms with E-state index in [2.05, 4.69) is 16.0 Å². The fourth-order valence-electron chi connectivity index (χ4n) is 1.40. The summed E-state index contributed by atoms with van der Waals surface area (Å²) in [5.41, 5.74) is 8.54. The quantitative estimate of drug-likeness (QED) is 0.860. The number of nitrogens with two attached hydrogens (primary N) is 1. The number of hydrogen-bond acceptors (Lipinski definition) is 4. The molecular weight excluding hydrogens is 291 g/mol. The van der Waals surface area contributed by atoms with Crippen molar-refractivity contribution in [2.24, 2.45) is 0 Å². The van der Waals surface area contributed by atoms with Gasteiger partial charge in [-0.15, -0.1) is 6.07 Å². The van der Waals surface area contributed by atoms with Crippen molar-refractivity contribution in [3.8, 4) is 17.1 Å². The first kappa shape index (κ1) is 14.1. The molecule has 2 aromatic heterocycles. The van der Waals surface area contributed by atoms with Crippen LogP contribution in [0.5, 0.6) is 5.88 Å². The fraction of sp³-hybridized carbons (Fsp3) is 0.167. The van der Waals surface area contributed by atoms with E-state index in [4.69, 9.17) is 10.5 Å². The number of aromatic nitrogens is 2. The first-order valence-electron chi connectivity index (χ1n) is 4.86. The van der Waals surface area contributed by atoms with Gasteiger partial charge in [0.1, 0.15) is 0 Å². The van der Waals surface area contributed by atoms with Crippen LogP contribution in [-0.4, -0.2) is 17.1 Å². The molecule has 5 heteroatoms. The average molecular weight is 303 g/mol. The summed E-state index contributed by atoms with van der Waals surface area (Å²) >= 11 is 0. The van der Waals surface area contributed by atoms with Gasteiger partial charge in [-0.25, -0.2) is 4.98 Å². The Bertz CT molecular complexity index is 500. The standard InChI is InChI=1S/C12H12N3O.Y/c1-8-3-5-10(12(15-8)16-2)11-6-4-9(13)7-14-11;/h3,5-7H,13H2,1-2H3;/q-1;. The SMILES string of the molecule is COc1nc(C)ccc1-c1c[c-]c(N)cn1.[Y]. The van der Waals surface area contributed by atoms with Crippen molar-refractivity contribution < 1.29 is 37.4 Å². The van der Waals surface area contributed by atoms with Gasteiger partial charge < -0.3 is 15.5 Å². The molecule has 17 heavy (non-hydrogen) atoms. The van der Waals surface area contributed by atoms with Crippen LogP contribution in [0, 0.1) is 13.0 Å². The molecule has 0 fully saturated rings. The first-order valence-corrected chi connectivity index (χ1v) is 4.86. The van der Waals surface area contributed by atoms with E-state index >= 15 is 0 Å². The largest absolute Gasteiger partial charge is 0.481 e. The van der Waals surface area contributed by atoms with Crippen molar-refractivity contribution in [3.63, 3.8) is 0 Å². The maximum Gasteiger partial charge on any atom is 0.210 e. The molecular formula is C12H12N3OY-. The van der Waals surface area contributed by atoms with Gasteiger partial charge in [-0.3, -0.25) is 0 Å². The van der Waals surface area contributed by atoms with Crippen LogP contribution >= 0.6 is 0 Å². The van der Waals surface area contributed by atoms with Crippen LogP contribution in [0.25, 0.3) is 11.3 Å². The van der Waals surface area contributed by atoms with Crippen molar-refractivity contribution in [3.05, 3.63) is 36.2 Å². The van der Waals surface area contributed by atoms with Crippen LogP contribution in [0.15, 0.2) is 24.4 Å². The number of anilines is 1. The molecule has 0 saturated carbocycles. The van der Waals surface area contributed by atoms with Crippen LogP contribution in [0.1, 0.15) is 5.69 Å². The van der Waals surface area contributed by atoms with Gasteiger partial charge in [0.25, 0.3) is 0 Å². The van der Waals surface area contributed by atoms with Crippen LogP contribution in [0.2, 0.25) is 0 Å². The maximum atomic E-state index is 5.53. The molecule has 0 aliphatic carbocycles. The number of hydrogen-bond donors (Lipinski definition) is 1. The predicted octanol–water partition coefficient (Wildman–Crippen LogP) is 1.84. The third-order valence-corrected chi connectivity index (χ3v) is 2.19. The summed E-state index contributed by atoms with van der Waals surface area (Å²) in [5, 5.41) is 0. The Morgan fingerprint density at radius 3 is 2.71 bits per heavy atom. The number of methoxy groups -OCH3 is 1. The molecule has 0 amide bonds. The normalized spacial score (nSPS) is 9.53. The van der Waals surface area contributed by atoms with Crippen LogP contribution in [0.3, 0.4) is 0 Å². The van der Waals surface area contributed by atoms with E-state index < -0.39 is 0 Å². The van der Waals surface area contributed by atoms with Gasteiger partial charge >= 0.3 is 0 Å². The zero-order valence-corrected chi connectivity index (χ0v) is 12.6. The van der Waals surface area contributed by atoms with E-state index in [1.165, 1.54) is 0 Å². The minimum absolute atomic E-state index is 0. The average Bonchev–Trinajstić information content (AvgIpc) is 2.30. The van der Waals surface area contributed by atoms with Gasteiger partial charge in [0.15, 0.2) is 0 Å². The van der Waals surface area contributed by atoms with Gasteiger partial charge in [0.2, 0.25) is 5.88 Å². The first-order chi connectivity index (χ1) is 7.70. The minimum atomic E-state index is 0. The van der Waals surface area contributed by atoms with E-state index in [1.807, 2.05) is 19.1 Å². The van der Waals surface area contributed by atoms with E-state index in [0.717, 1.165) is 17.0 Å². The molecule has 0 aliphatic rings. The number of nitrogens with zero attached hydrogens (tertiary/aromatic N) is 2. The fourth-order valence-corrected chi connectivity index (χ4v) is 1.40. The van der Waals surface area contributed by atoms with Crippen molar-refractivity contribution in [1.82, 2.24) is 9.97 Å². The molecule has 0 bridgehead atoms. The zero-order valence-electron chi connectivity index (χ0n) is 9.77. The van der Waals surface area contributed by atoms with E-state index in [0.29, 0.717) is 11.6 Å². The number of rotatable bonds is 2. The molecule has 0 spiro atoms. The zero-order chi connectivity index (χ0) is 11.5. The Labute approximate surface area is 125 Å². The Morgan fingerprint density at radius 1 is 1.35 bits per heavy atom. The van der Waals surface area contributed by atoms with Gasteiger partial charge in [0.05, 0.1) is 7.11 Å². The van der Waals surface area contributed by atoms with Crippen molar-refractivity contribution in [2.75, 3.05) is 12.8 Å². The molecule has 0 saturated heterocycles. The summed E-state index contributed by atoms with van der Waals surface area (Å²) in [6, 6.07) is 8.46. The molecule has 2 aromatic rings. The monoisotopic (exact) mass is 303 g/mol. The van der Waals surface area contributed by atoms with Crippen molar-refractivity contribution >= 4 is 5.69 Å². The summed E-state index contributed by atoms with van der Waals surface area (Å²) in [4.78, 5) is 8.49. The van der Waals surface area contributed by atoms with Gasteiger partial charge in [0, 0.05) is 44.0 Å². The summed E-state index contributed by atoms with van der Waals surface area (Å²) in [6.45, 7) is 1.91. The van der Waals surface area contributed by atoms with Crippen LogP contribution in [0.4, 0.5) is 5.69 Å². The summed E-state index contributed by atoms with van der Waals surface area (Å²) in [5.74, 6) is 0.561. The Balaban J connectivity index is 0.00000144. The van der Waals surface area contributed by atoms with Crippen molar-refractivity contribution in [1.29, 1.82) is 0 Å². The topological polar surface area (TPSA) is 61.0 Å². The molecule has 2 rings (SSSR count). The second-order valence-electron chi connectivity index (χ2n) is 3.40. The molecule has 1 radical (unpaired) electrons. The number of nitrogen functional groups attached to an aromatic ring is 1. The van der Waals surface area contributed by atoms with Crippen LogP contribution in [-0.2, 0) is 32.7 Å². The molecule has 0 aromatic carbocycles. The Morgan fingerprint density at radius 2 is 2.12 bits per heavy atom. The molecule has 4 nitrogen and oxygen atoms in total. The second kappa shape index (κ2) is 6.08. The minimum Gasteiger partial charge on any atom is -0.481 e. The van der Waals surface area contributed by atoms with Gasteiger partial charge in [-0.05, 0) is 18.7 Å². The smallest absolute Gasteiger partial charge is 0.210 e. The molecule has 85 valence electrons. The summed E-state index contributed by atoms with van der Waals surface area (Å²) in [6.07, 6.45) is 1.56. The Hall–Kier alpha value is -0.996. The molecule has 0 unspecified atom stereocenters. The number of aryl methyl sites for hydroxylation is 1. The molecule has 2 heterocycles. The second-order valence-corrected chi connectivity index (χ2v) is 3.40. The van der Waals surface area contributed by atoms with Crippen LogP contribution < -0.4 is 10.5 Å². The molecule has 0 atom stereocenters. The van der Waals surface area contributed by atoms with E-state index in [-0.39, 0.29) is 32.7 Å². The summed E-state index contributed by atoms with van der Waals surface area (Å²) in [7, 11) is 1.59.